The van der Waals surface area contributed by atoms with Crippen LogP contribution in [0.5, 0.6) is 0 Å². The molecule has 0 fully saturated rings. The minimum Gasteiger partial charge on any atom is -0.106 e. The highest BCUT2D eigenvalue weighted by atomic mass is 13.7. The normalized spacial score (nSPS) is 3.93. The Hall–Kier alpha value is -18.9. The third-order valence-corrected chi connectivity index (χ3v) is 5.21. The Kier molecular flexibility index (Phi) is 51.5. The van der Waals surface area contributed by atoms with Crippen LogP contribution in [0.4, 0.5) is 0 Å². The lowest BCUT2D eigenvalue weighted by molar-refractivity contribution is 2.31. The summed E-state index contributed by atoms with van der Waals surface area (Å²) in [6.45, 7) is 0. The molecule has 0 aliphatic rings. The van der Waals surface area contributed by atoms with Crippen molar-refractivity contribution >= 4 is 0 Å². The van der Waals surface area contributed by atoms with Gasteiger partial charge in [0, 0.05) is 403 Å². The first-order chi connectivity index (χ1) is 42.9. The first-order valence-electron chi connectivity index (χ1n) is 21.3. The number of rotatable bonds is 0. The quantitative estimate of drug-likeness (QED) is 0.309. The van der Waals surface area contributed by atoms with Gasteiger partial charge in [-0.1, -0.05) is 0 Å². The van der Waals surface area contributed by atoms with Gasteiger partial charge in [0.05, 0.1) is 0 Å². The molecule has 0 heterocycles. The Morgan fingerprint density at radius 1 is 0.0581 bits per heavy atom. The Labute approximate surface area is 507 Å². The van der Waals surface area contributed by atoms with Crippen LogP contribution in [0, 0.1) is 510 Å². The van der Waals surface area contributed by atoms with Crippen LogP contribution in [0.15, 0.2) is 0 Å². The van der Waals surface area contributed by atoms with Crippen molar-refractivity contribution in [2.45, 2.75) is 0 Å². The maximum atomic E-state index is 4.95. The maximum Gasteiger partial charge on any atom is 0 e. The van der Waals surface area contributed by atoms with Gasteiger partial charge in [0.15, 0.2) is 0 Å². The van der Waals surface area contributed by atoms with E-state index < -0.39 is 0 Å². The van der Waals surface area contributed by atoms with Crippen LogP contribution in [-0.4, -0.2) is 0 Å². The molecule has 0 nitrogen and oxygen atoms in total. The van der Waals surface area contributed by atoms with Gasteiger partial charge in [0.2, 0.25) is 0 Å². The zero-order chi connectivity index (χ0) is 61.4. The second-order valence-corrected chi connectivity index (χ2v) is 10.5. The molecule has 0 rings (SSSR count). The van der Waals surface area contributed by atoms with Gasteiger partial charge in [-0.05, 0) is 94.7 Å². The summed E-state index contributed by atoms with van der Waals surface area (Å²) in [5, 5.41) is 0. The summed E-state index contributed by atoms with van der Waals surface area (Å²) >= 11 is 0. The molecule has 86 heavy (non-hydrogen) atoms. The standard InChI is InChI=1S/C86H2/c1-3-5-7-9-11-13-15-17-19-21-23-25-27-29-31-33-35-37-39-41-43-45-47-49-51-53-55-57-59-61-63-65-67-69-71-73-75-77-79-81-83-85-86-84-82-80-78-76-74-72-70-68-66-64-62-60-58-56-54-52-50-48-46-44-42-40-38-36-34-32-30-28-26-24-22-20-18-16-14-12-10-8-6-4-2/h1-2H. The van der Waals surface area contributed by atoms with Gasteiger partial charge in [-0.25, -0.2) is 0 Å². The summed E-state index contributed by atoms with van der Waals surface area (Å²) in [6, 6.07) is 0. The molecule has 0 atom stereocenters. The van der Waals surface area contributed by atoms with E-state index in [1.165, 1.54) is 0 Å². The second kappa shape index (κ2) is 66.1. The Bertz CT molecular complexity index is 5550. The van der Waals surface area contributed by atoms with Crippen molar-refractivity contribution in [3.05, 3.63) is 0 Å². The van der Waals surface area contributed by atoms with E-state index >= 15 is 0 Å². The SMILES string of the molecule is C#CC#CC#CC#CC#CC#CC#CC#CC#CC#CC#CC#CC#CC#CC#CC#CC#CC#CC#CC#CC#CC#CC#CC#CC#CC#CC#CC#CC#CC#CC#CC#CC#CC#CC#CC#CC#CC#CC#CC#CC#CC#CC#C. The topological polar surface area (TPSA) is 0 Å². The van der Waals surface area contributed by atoms with E-state index in [-0.39, 0.29) is 0 Å². The summed E-state index contributed by atoms with van der Waals surface area (Å²) in [4.78, 5) is 0. The summed E-state index contributed by atoms with van der Waals surface area (Å²) < 4.78 is 0. The lowest BCUT2D eigenvalue weighted by Crippen LogP contribution is -1.57. The predicted octanol–water partition coefficient (Wildman–Crippen LogP) is 0.392. The van der Waals surface area contributed by atoms with Crippen molar-refractivity contribution < 1.29 is 0 Å². The fraction of sp³-hybridized carbons (Fsp3) is 0. The van der Waals surface area contributed by atoms with Gasteiger partial charge in [-0.3, -0.25) is 0 Å². The molecule has 0 heteroatoms. The summed E-state index contributed by atoms with van der Waals surface area (Å²) in [6.07, 6.45) is 9.90. The second-order valence-electron chi connectivity index (χ2n) is 10.5. The van der Waals surface area contributed by atoms with E-state index in [4.69, 9.17) is 12.8 Å². The van der Waals surface area contributed by atoms with Gasteiger partial charge in [0.1, 0.15) is 0 Å². The van der Waals surface area contributed by atoms with E-state index in [0.29, 0.717) is 0 Å². The van der Waals surface area contributed by atoms with E-state index in [1.54, 1.807) is 0 Å². The van der Waals surface area contributed by atoms with Crippen LogP contribution < -0.4 is 0 Å². The Balaban J connectivity index is 4.62. The van der Waals surface area contributed by atoms with Crippen molar-refractivity contribution in [2.75, 3.05) is 0 Å². The third-order valence-electron chi connectivity index (χ3n) is 5.21. The molecule has 346 valence electrons. The first kappa shape index (κ1) is 67.1. The summed E-state index contributed by atoms with van der Waals surface area (Å²) in [5.41, 5.74) is 0. The van der Waals surface area contributed by atoms with E-state index in [0.717, 1.165) is 0 Å². The molecular formula is C86H2. The number of hydrogen-bond donors (Lipinski definition) is 0. The average Bonchev–Trinajstić information content (AvgIpc) is 3.52. The lowest BCUT2D eigenvalue weighted by atomic mass is 10.4. The Morgan fingerprint density at radius 3 is 0.128 bits per heavy atom. The first-order valence-corrected chi connectivity index (χ1v) is 21.3. The summed E-state index contributed by atoms with van der Waals surface area (Å²) in [5.74, 6) is 208. The molecule has 0 aromatic rings. The Morgan fingerprint density at radius 2 is 0.0930 bits per heavy atom. The molecule has 0 bridgehead atoms. The van der Waals surface area contributed by atoms with Crippen LogP contribution in [0.1, 0.15) is 0 Å². The average molecular weight is 1030 g/mol. The van der Waals surface area contributed by atoms with Gasteiger partial charge in [-0.2, -0.15) is 0 Å². The fourth-order valence-corrected chi connectivity index (χ4v) is 2.57. The zero-order valence-corrected chi connectivity index (χ0v) is 43.2. The molecule has 0 unspecified atom stereocenters. The molecule has 0 spiro atoms. The molecular weight excluding hydrogens is 1030 g/mol. The molecule has 0 N–H and O–H groups in total. The molecule has 0 amide bonds. The molecule has 0 aromatic carbocycles. The van der Waals surface area contributed by atoms with Crippen LogP contribution in [0.3, 0.4) is 0 Å². The highest BCUT2D eigenvalue weighted by molar-refractivity contribution is 5.54. The van der Waals surface area contributed by atoms with Gasteiger partial charge < -0.3 is 0 Å². The molecule has 0 aromatic heterocycles. The van der Waals surface area contributed by atoms with Crippen molar-refractivity contribution in [3.8, 4) is 510 Å². The summed E-state index contributed by atoms with van der Waals surface area (Å²) in [7, 11) is 0. The highest BCUT2D eigenvalue weighted by Crippen LogP contribution is 1.66. The van der Waals surface area contributed by atoms with Crippen LogP contribution in [0.2, 0.25) is 0 Å². The molecule has 0 aliphatic heterocycles. The van der Waals surface area contributed by atoms with Gasteiger partial charge in [0.25, 0.3) is 0 Å². The maximum absolute atomic E-state index is 4.95. The van der Waals surface area contributed by atoms with E-state index in [2.05, 4.69) is 497 Å². The zero-order valence-electron chi connectivity index (χ0n) is 43.2. The van der Waals surface area contributed by atoms with Crippen molar-refractivity contribution in [2.24, 2.45) is 0 Å². The monoisotopic (exact) mass is 1030 g/mol. The predicted molar refractivity (Wildman–Crippen MR) is 336 cm³/mol. The molecule has 0 aliphatic carbocycles. The highest BCUT2D eigenvalue weighted by Gasteiger charge is 1.65. The lowest BCUT2D eigenvalue weighted by Gasteiger charge is -1.58. The van der Waals surface area contributed by atoms with Gasteiger partial charge >= 0.3 is 0 Å². The van der Waals surface area contributed by atoms with E-state index in [9.17, 15) is 0 Å². The molecule has 0 radical (unpaired) electrons. The van der Waals surface area contributed by atoms with Crippen LogP contribution >= 0.6 is 0 Å². The van der Waals surface area contributed by atoms with Gasteiger partial charge in [-0.15, -0.1) is 12.8 Å². The number of hydrogen-bond acceptors (Lipinski definition) is 0. The van der Waals surface area contributed by atoms with Crippen LogP contribution in [-0.2, 0) is 0 Å². The largest absolute Gasteiger partial charge is 0.106 e. The van der Waals surface area contributed by atoms with Crippen molar-refractivity contribution in [1.82, 2.24) is 0 Å². The number of terminal acetylenes is 2. The van der Waals surface area contributed by atoms with Crippen molar-refractivity contribution in [3.63, 3.8) is 0 Å². The van der Waals surface area contributed by atoms with Crippen molar-refractivity contribution in [1.29, 1.82) is 0 Å². The smallest absolute Gasteiger partial charge is 0 e. The molecule has 0 saturated heterocycles. The fourth-order valence-electron chi connectivity index (χ4n) is 2.57. The van der Waals surface area contributed by atoms with Crippen LogP contribution in [0.25, 0.3) is 0 Å². The molecule has 0 saturated carbocycles. The minimum absolute atomic E-state index is 2.12. The minimum atomic E-state index is 2.12. The third kappa shape index (κ3) is 65.1. The van der Waals surface area contributed by atoms with E-state index in [1.807, 2.05) is 0 Å².